The Balaban J connectivity index is 1.40. The number of carbonyl (C=O) groups excluding carboxylic acids is 1. The van der Waals surface area contributed by atoms with E-state index >= 15 is 0 Å². The number of hydrogen-bond acceptors (Lipinski definition) is 5. The summed E-state index contributed by atoms with van der Waals surface area (Å²) in [7, 11) is 0. The molecule has 0 radical (unpaired) electrons. The van der Waals surface area contributed by atoms with Gasteiger partial charge in [0.05, 0.1) is 28.5 Å². The number of amides is 1. The minimum absolute atomic E-state index is 0.197. The molecule has 138 valence electrons. The van der Waals surface area contributed by atoms with Gasteiger partial charge in [0.1, 0.15) is 5.01 Å². The summed E-state index contributed by atoms with van der Waals surface area (Å²) in [4.78, 5) is 16.6. The third kappa shape index (κ3) is 4.23. The zero-order valence-corrected chi connectivity index (χ0v) is 16.0. The Morgan fingerprint density at radius 3 is 3.00 bits per heavy atom. The smallest absolute Gasteiger partial charge is 0.244 e. The van der Waals surface area contributed by atoms with Crippen LogP contribution in [0, 0.1) is 0 Å². The highest BCUT2D eigenvalue weighted by atomic mass is 35.5. The summed E-state index contributed by atoms with van der Waals surface area (Å²) >= 11 is 7.82. The minimum Gasteiger partial charge on any atom is -0.489 e. The first-order valence-electron chi connectivity index (χ1n) is 8.58. The van der Waals surface area contributed by atoms with Crippen molar-refractivity contribution >= 4 is 45.1 Å². The number of nitrogens with zero attached hydrogens (tertiary/aromatic N) is 1. The molecule has 7 heteroatoms. The molecule has 0 bridgehead atoms. The SMILES string of the molecule is O=C(/C=C/c1nc2ccccc2s1)NCc1cc(Cl)c2c(c1)OCCCO2. The minimum atomic E-state index is -0.197. The van der Waals surface area contributed by atoms with Crippen molar-refractivity contribution in [1.82, 2.24) is 10.3 Å². The molecular weight excluding hydrogens is 384 g/mol. The molecule has 27 heavy (non-hydrogen) atoms. The third-order valence-electron chi connectivity index (χ3n) is 4.02. The van der Waals surface area contributed by atoms with Crippen molar-refractivity contribution in [2.24, 2.45) is 0 Å². The molecule has 0 saturated heterocycles. The van der Waals surface area contributed by atoms with Crippen LogP contribution in [0.15, 0.2) is 42.5 Å². The maximum Gasteiger partial charge on any atom is 0.244 e. The van der Waals surface area contributed by atoms with Gasteiger partial charge in [0, 0.05) is 19.0 Å². The van der Waals surface area contributed by atoms with E-state index in [0.717, 1.165) is 27.2 Å². The molecule has 3 aromatic rings. The summed E-state index contributed by atoms with van der Waals surface area (Å²) in [6.07, 6.45) is 4.02. The van der Waals surface area contributed by atoms with Crippen molar-refractivity contribution in [3.05, 3.63) is 58.1 Å². The topological polar surface area (TPSA) is 60.5 Å². The predicted molar refractivity (Wildman–Crippen MR) is 108 cm³/mol. The second-order valence-electron chi connectivity index (χ2n) is 6.03. The number of halogens is 1. The molecule has 0 spiro atoms. The average molecular weight is 401 g/mol. The fraction of sp³-hybridized carbons (Fsp3) is 0.200. The van der Waals surface area contributed by atoms with E-state index in [0.29, 0.717) is 36.3 Å². The van der Waals surface area contributed by atoms with Crippen LogP contribution in [0.25, 0.3) is 16.3 Å². The summed E-state index contributed by atoms with van der Waals surface area (Å²) < 4.78 is 12.4. The highest BCUT2D eigenvalue weighted by Crippen LogP contribution is 2.37. The van der Waals surface area contributed by atoms with E-state index in [1.165, 1.54) is 6.08 Å². The number of hydrogen-bond donors (Lipinski definition) is 1. The van der Waals surface area contributed by atoms with Crippen LogP contribution in [0.4, 0.5) is 0 Å². The number of thiazole rings is 1. The van der Waals surface area contributed by atoms with Gasteiger partial charge in [0.15, 0.2) is 11.5 Å². The normalized spacial score (nSPS) is 13.7. The van der Waals surface area contributed by atoms with Crippen LogP contribution in [-0.2, 0) is 11.3 Å². The van der Waals surface area contributed by atoms with Gasteiger partial charge in [-0.2, -0.15) is 0 Å². The molecule has 1 aliphatic heterocycles. The Kier molecular flexibility index (Phi) is 5.27. The highest BCUT2D eigenvalue weighted by molar-refractivity contribution is 7.19. The zero-order valence-electron chi connectivity index (χ0n) is 14.4. The molecule has 1 aromatic heterocycles. The summed E-state index contributed by atoms with van der Waals surface area (Å²) in [5.41, 5.74) is 1.79. The Bertz CT molecular complexity index is 983. The number of aromatic nitrogens is 1. The second-order valence-corrected chi connectivity index (χ2v) is 7.50. The van der Waals surface area contributed by atoms with Crippen molar-refractivity contribution in [1.29, 1.82) is 0 Å². The Labute approximate surface area is 165 Å². The quantitative estimate of drug-likeness (QED) is 0.657. The van der Waals surface area contributed by atoms with Crippen LogP contribution in [-0.4, -0.2) is 24.1 Å². The van der Waals surface area contributed by atoms with Gasteiger partial charge in [0.25, 0.3) is 0 Å². The largest absolute Gasteiger partial charge is 0.489 e. The summed E-state index contributed by atoms with van der Waals surface area (Å²) in [6.45, 7) is 1.52. The lowest BCUT2D eigenvalue weighted by Gasteiger charge is -2.11. The molecule has 0 saturated carbocycles. The Morgan fingerprint density at radius 1 is 1.26 bits per heavy atom. The number of carbonyl (C=O) groups is 1. The average Bonchev–Trinajstić information content (AvgIpc) is 2.93. The fourth-order valence-corrected chi connectivity index (χ4v) is 3.90. The number of ether oxygens (including phenoxy) is 2. The molecule has 5 nitrogen and oxygen atoms in total. The van der Waals surface area contributed by atoms with Gasteiger partial charge in [-0.05, 0) is 35.9 Å². The van der Waals surface area contributed by atoms with Crippen molar-refractivity contribution in [3.8, 4) is 11.5 Å². The molecule has 1 amide bonds. The Hall–Kier alpha value is -2.57. The van der Waals surface area contributed by atoms with Gasteiger partial charge in [-0.25, -0.2) is 4.98 Å². The second kappa shape index (κ2) is 7.98. The van der Waals surface area contributed by atoms with E-state index in [9.17, 15) is 4.79 Å². The van der Waals surface area contributed by atoms with Crippen LogP contribution in [0.2, 0.25) is 5.02 Å². The van der Waals surface area contributed by atoms with Crippen LogP contribution in [0.5, 0.6) is 11.5 Å². The molecule has 4 rings (SSSR count). The highest BCUT2D eigenvalue weighted by Gasteiger charge is 2.15. The monoisotopic (exact) mass is 400 g/mol. The predicted octanol–water partition coefficient (Wildman–Crippen LogP) is 4.44. The molecule has 2 heterocycles. The molecular formula is C20H17ClN2O3S. The van der Waals surface area contributed by atoms with E-state index in [1.54, 1.807) is 23.5 Å². The summed E-state index contributed by atoms with van der Waals surface area (Å²) in [5.74, 6) is 0.992. The van der Waals surface area contributed by atoms with Gasteiger partial charge >= 0.3 is 0 Å². The Morgan fingerprint density at radius 2 is 2.11 bits per heavy atom. The van der Waals surface area contributed by atoms with Crippen LogP contribution < -0.4 is 14.8 Å². The zero-order chi connectivity index (χ0) is 18.6. The fourth-order valence-electron chi connectivity index (χ4n) is 2.74. The van der Waals surface area contributed by atoms with E-state index in [-0.39, 0.29) is 5.91 Å². The van der Waals surface area contributed by atoms with Gasteiger partial charge in [-0.1, -0.05) is 23.7 Å². The van der Waals surface area contributed by atoms with Crippen molar-refractivity contribution in [2.45, 2.75) is 13.0 Å². The lowest BCUT2D eigenvalue weighted by atomic mass is 10.2. The lowest BCUT2D eigenvalue weighted by Crippen LogP contribution is -2.20. The molecule has 0 atom stereocenters. The first kappa shape index (κ1) is 17.8. The number of nitrogens with one attached hydrogen (secondary N) is 1. The maximum atomic E-state index is 12.1. The lowest BCUT2D eigenvalue weighted by molar-refractivity contribution is -0.116. The number of fused-ring (bicyclic) bond motifs is 2. The van der Waals surface area contributed by atoms with Crippen molar-refractivity contribution in [3.63, 3.8) is 0 Å². The van der Waals surface area contributed by atoms with Gasteiger partial charge < -0.3 is 14.8 Å². The molecule has 1 aliphatic rings. The van der Waals surface area contributed by atoms with Crippen molar-refractivity contribution < 1.29 is 14.3 Å². The van der Waals surface area contributed by atoms with Crippen LogP contribution >= 0.6 is 22.9 Å². The number of rotatable bonds is 4. The number of para-hydroxylation sites is 1. The molecule has 1 N–H and O–H groups in total. The van der Waals surface area contributed by atoms with Crippen LogP contribution in [0.3, 0.4) is 0 Å². The first-order chi connectivity index (χ1) is 13.2. The third-order valence-corrected chi connectivity index (χ3v) is 5.30. The molecule has 0 fully saturated rings. The van der Waals surface area contributed by atoms with E-state index < -0.39 is 0 Å². The molecule has 2 aromatic carbocycles. The summed E-state index contributed by atoms with van der Waals surface area (Å²) in [6, 6.07) is 11.5. The van der Waals surface area contributed by atoms with Gasteiger partial charge in [-0.15, -0.1) is 11.3 Å². The maximum absolute atomic E-state index is 12.1. The van der Waals surface area contributed by atoms with Gasteiger partial charge in [0.2, 0.25) is 5.91 Å². The van der Waals surface area contributed by atoms with E-state index in [2.05, 4.69) is 10.3 Å². The van der Waals surface area contributed by atoms with Crippen molar-refractivity contribution in [2.75, 3.05) is 13.2 Å². The number of benzene rings is 2. The summed E-state index contributed by atoms with van der Waals surface area (Å²) in [5, 5.41) is 4.13. The molecule has 0 aliphatic carbocycles. The van der Waals surface area contributed by atoms with E-state index in [1.807, 2.05) is 30.3 Å². The standard InChI is InChI=1S/C20H17ClN2O3S/c21-14-10-13(11-16-20(14)26-9-3-8-25-16)12-22-18(24)6-7-19-23-15-4-1-2-5-17(15)27-19/h1-2,4-7,10-11H,3,8-9,12H2,(H,22,24)/b7-6+. The van der Waals surface area contributed by atoms with Gasteiger partial charge in [-0.3, -0.25) is 4.79 Å². The van der Waals surface area contributed by atoms with Crippen LogP contribution in [0.1, 0.15) is 17.0 Å². The van der Waals surface area contributed by atoms with E-state index in [4.69, 9.17) is 21.1 Å². The molecule has 0 unspecified atom stereocenters. The first-order valence-corrected chi connectivity index (χ1v) is 9.78.